The van der Waals surface area contributed by atoms with Crippen LogP contribution in [0.3, 0.4) is 0 Å². The van der Waals surface area contributed by atoms with Crippen LogP contribution in [0, 0.1) is 0 Å². The Kier molecular flexibility index (Phi) is 6.99. The predicted molar refractivity (Wildman–Crippen MR) is 94.7 cm³/mol. The number of primary amides is 1. The first-order valence-electron chi connectivity index (χ1n) is 7.78. The van der Waals surface area contributed by atoms with Gasteiger partial charge in [-0.2, -0.15) is 0 Å². The summed E-state index contributed by atoms with van der Waals surface area (Å²) < 4.78 is 10.4. The van der Waals surface area contributed by atoms with E-state index in [9.17, 15) is 14.4 Å². The van der Waals surface area contributed by atoms with E-state index < -0.39 is 11.8 Å². The molecule has 136 valence electrons. The molecule has 0 aliphatic rings. The van der Waals surface area contributed by atoms with Gasteiger partial charge in [0.25, 0.3) is 11.8 Å². The van der Waals surface area contributed by atoms with Crippen molar-refractivity contribution in [3.63, 3.8) is 0 Å². The average molecular weight is 357 g/mol. The van der Waals surface area contributed by atoms with E-state index in [4.69, 9.17) is 15.2 Å². The number of amides is 3. The number of anilines is 1. The SMILES string of the molecule is NC(=O)COc1ccc(NC(=O)CNC(=O)COc2ccccc2)cc1. The van der Waals surface area contributed by atoms with Crippen molar-refractivity contribution >= 4 is 23.4 Å². The van der Waals surface area contributed by atoms with Gasteiger partial charge in [-0.25, -0.2) is 0 Å². The van der Waals surface area contributed by atoms with Crippen molar-refractivity contribution in [2.24, 2.45) is 5.73 Å². The van der Waals surface area contributed by atoms with E-state index >= 15 is 0 Å². The first-order chi connectivity index (χ1) is 12.5. The zero-order valence-electron chi connectivity index (χ0n) is 13.9. The highest BCUT2D eigenvalue weighted by molar-refractivity contribution is 5.94. The van der Waals surface area contributed by atoms with Crippen molar-refractivity contribution in [3.8, 4) is 11.5 Å². The minimum absolute atomic E-state index is 0.177. The maximum atomic E-state index is 11.8. The van der Waals surface area contributed by atoms with Gasteiger partial charge in [0, 0.05) is 5.69 Å². The number of nitrogens with two attached hydrogens (primary N) is 1. The Hall–Kier alpha value is -3.55. The molecule has 4 N–H and O–H groups in total. The quantitative estimate of drug-likeness (QED) is 0.610. The molecule has 0 heterocycles. The molecule has 0 saturated heterocycles. The molecular weight excluding hydrogens is 338 g/mol. The number of nitrogens with one attached hydrogen (secondary N) is 2. The van der Waals surface area contributed by atoms with E-state index in [0.717, 1.165) is 0 Å². The number of ether oxygens (including phenoxy) is 2. The third-order valence-corrected chi connectivity index (χ3v) is 3.08. The van der Waals surface area contributed by atoms with Crippen LogP contribution in [0.25, 0.3) is 0 Å². The molecule has 0 bridgehead atoms. The highest BCUT2D eigenvalue weighted by atomic mass is 16.5. The summed E-state index contributed by atoms with van der Waals surface area (Å²) in [6.07, 6.45) is 0. The second-order valence-corrected chi connectivity index (χ2v) is 5.21. The van der Waals surface area contributed by atoms with Crippen molar-refractivity contribution in [2.75, 3.05) is 25.1 Å². The van der Waals surface area contributed by atoms with Crippen LogP contribution < -0.4 is 25.8 Å². The fourth-order valence-corrected chi connectivity index (χ4v) is 1.89. The fourth-order valence-electron chi connectivity index (χ4n) is 1.89. The highest BCUT2D eigenvalue weighted by Gasteiger charge is 2.07. The van der Waals surface area contributed by atoms with Crippen molar-refractivity contribution in [3.05, 3.63) is 54.6 Å². The third kappa shape index (κ3) is 6.91. The molecule has 0 aromatic heterocycles. The Morgan fingerprint density at radius 1 is 0.808 bits per heavy atom. The largest absolute Gasteiger partial charge is 0.484 e. The molecule has 26 heavy (non-hydrogen) atoms. The van der Waals surface area contributed by atoms with E-state index in [-0.39, 0.29) is 25.7 Å². The van der Waals surface area contributed by atoms with Gasteiger partial charge in [-0.15, -0.1) is 0 Å². The summed E-state index contributed by atoms with van der Waals surface area (Å²) in [5, 5.41) is 5.09. The molecule has 2 aromatic carbocycles. The van der Waals surface area contributed by atoms with Gasteiger partial charge in [0.05, 0.1) is 6.54 Å². The van der Waals surface area contributed by atoms with Gasteiger partial charge in [-0.05, 0) is 36.4 Å². The number of carbonyl (C=O) groups is 3. The van der Waals surface area contributed by atoms with E-state index in [1.54, 1.807) is 48.5 Å². The lowest BCUT2D eigenvalue weighted by molar-refractivity contribution is -0.125. The number of hydrogen-bond donors (Lipinski definition) is 3. The van der Waals surface area contributed by atoms with E-state index in [1.165, 1.54) is 0 Å². The summed E-state index contributed by atoms with van der Waals surface area (Å²) in [6.45, 7) is -0.580. The summed E-state index contributed by atoms with van der Waals surface area (Å²) >= 11 is 0. The number of carbonyl (C=O) groups excluding carboxylic acids is 3. The first kappa shape index (κ1) is 18.8. The van der Waals surface area contributed by atoms with Crippen LogP contribution in [0.2, 0.25) is 0 Å². The standard InChI is InChI=1S/C18H19N3O5/c19-16(22)11-25-15-8-6-13(7-9-15)21-17(23)10-20-18(24)12-26-14-4-2-1-3-5-14/h1-9H,10-12H2,(H2,19,22)(H,20,24)(H,21,23). The van der Waals surface area contributed by atoms with Gasteiger partial charge in [0.2, 0.25) is 5.91 Å². The molecule has 2 rings (SSSR count). The summed E-state index contributed by atoms with van der Waals surface area (Å²) in [6, 6.07) is 15.3. The second kappa shape index (κ2) is 9.67. The normalized spacial score (nSPS) is 9.85. The molecule has 0 unspecified atom stereocenters. The third-order valence-electron chi connectivity index (χ3n) is 3.08. The Balaban J connectivity index is 1.69. The van der Waals surface area contributed by atoms with Crippen molar-refractivity contribution in [1.29, 1.82) is 0 Å². The summed E-state index contributed by atoms with van der Waals surface area (Å²) in [4.78, 5) is 34.1. The first-order valence-corrected chi connectivity index (χ1v) is 7.78. The molecule has 0 saturated carbocycles. The number of para-hydroxylation sites is 1. The molecule has 0 fully saturated rings. The van der Waals surface area contributed by atoms with Gasteiger partial charge in [-0.1, -0.05) is 18.2 Å². The topological polar surface area (TPSA) is 120 Å². The smallest absolute Gasteiger partial charge is 0.258 e. The molecule has 0 aliphatic heterocycles. The van der Waals surface area contributed by atoms with Crippen molar-refractivity contribution in [2.45, 2.75) is 0 Å². The maximum absolute atomic E-state index is 11.8. The molecule has 0 aliphatic carbocycles. The van der Waals surface area contributed by atoms with Gasteiger partial charge in [0.15, 0.2) is 13.2 Å². The second-order valence-electron chi connectivity index (χ2n) is 5.21. The highest BCUT2D eigenvalue weighted by Crippen LogP contribution is 2.15. The van der Waals surface area contributed by atoms with Crippen LogP contribution in [0.15, 0.2) is 54.6 Å². The minimum Gasteiger partial charge on any atom is -0.484 e. The number of benzene rings is 2. The van der Waals surface area contributed by atoms with Crippen LogP contribution in [0.1, 0.15) is 0 Å². The maximum Gasteiger partial charge on any atom is 0.258 e. The molecule has 8 heteroatoms. The minimum atomic E-state index is -0.575. The summed E-state index contributed by atoms with van der Waals surface area (Å²) in [5.74, 6) is -0.337. The van der Waals surface area contributed by atoms with Gasteiger partial charge in [0.1, 0.15) is 11.5 Å². The molecule has 3 amide bonds. The fraction of sp³-hybridized carbons (Fsp3) is 0.167. The molecule has 0 radical (unpaired) electrons. The summed E-state index contributed by atoms with van der Waals surface area (Å²) in [5.41, 5.74) is 5.51. The number of rotatable bonds is 9. The molecule has 0 spiro atoms. The van der Waals surface area contributed by atoms with E-state index in [1.807, 2.05) is 6.07 Å². The van der Waals surface area contributed by atoms with Crippen LogP contribution in [0.4, 0.5) is 5.69 Å². The zero-order valence-corrected chi connectivity index (χ0v) is 13.9. The monoisotopic (exact) mass is 357 g/mol. The lowest BCUT2D eigenvalue weighted by Gasteiger charge is -2.09. The Morgan fingerprint density at radius 2 is 1.42 bits per heavy atom. The van der Waals surface area contributed by atoms with Gasteiger partial charge >= 0.3 is 0 Å². The molecule has 0 atom stereocenters. The van der Waals surface area contributed by atoms with E-state index in [2.05, 4.69) is 10.6 Å². The van der Waals surface area contributed by atoms with Gasteiger partial charge in [-0.3, -0.25) is 14.4 Å². The molecule has 2 aromatic rings. The lowest BCUT2D eigenvalue weighted by atomic mass is 10.3. The van der Waals surface area contributed by atoms with Crippen LogP contribution in [-0.4, -0.2) is 37.5 Å². The van der Waals surface area contributed by atoms with Crippen LogP contribution >= 0.6 is 0 Å². The van der Waals surface area contributed by atoms with Crippen LogP contribution in [0.5, 0.6) is 11.5 Å². The van der Waals surface area contributed by atoms with E-state index in [0.29, 0.717) is 17.2 Å². The molecule has 8 nitrogen and oxygen atoms in total. The van der Waals surface area contributed by atoms with Crippen LogP contribution in [-0.2, 0) is 14.4 Å². The predicted octanol–water partition coefficient (Wildman–Crippen LogP) is 0.684. The zero-order chi connectivity index (χ0) is 18.8. The molecular formula is C18H19N3O5. The van der Waals surface area contributed by atoms with Crippen molar-refractivity contribution in [1.82, 2.24) is 5.32 Å². The Labute approximate surface area is 150 Å². The number of hydrogen-bond acceptors (Lipinski definition) is 5. The summed E-state index contributed by atoms with van der Waals surface area (Å²) in [7, 11) is 0. The van der Waals surface area contributed by atoms with Crippen molar-refractivity contribution < 1.29 is 23.9 Å². The Morgan fingerprint density at radius 3 is 2.08 bits per heavy atom. The average Bonchev–Trinajstić information content (AvgIpc) is 2.65. The Bertz CT molecular complexity index is 747. The van der Waals surface area contributed by atoms with Gasteiger partial charge < -0.3 is 25.8 Å². The lowest BCUT2D eigenvalue weighted by Crippen LogP contribution is -2.35.